The van der Waals surface area contributed by atoms with E-state index < -0.39 is 12.0 Å². The first-order valence-electron chi connectivity index (χ1n) is 5.50. The average Bonchev–Trinajstić information content (AvgIpc) is 2.42. The fourth-order valence-electron chi connectivity index (χ4n) is 1.83. The van der Waals surface area contributed by atoms with Crippen LogP contribution in [-0.4, -0.2) is 5.11 Å². The largest absolute Gasteiger partial charge is 0.387 e. The summed E-state index contributed by atoms with van der Waals surface area (Å²) in [6.07, 6.45) is -0.788. The van der Waals surface area contributed by atoms with Crippen LogP contribution in [0.5, 0.6) is 0 Å². The van der Waals surface area contributed by atoms with E-state index in [1.807, 2.05) is 60.7 Å². The molecular weight excluding hydrogens is 210 g/mol. The first kappa shape index (κ1) is 11.4. The van der Waals surface area contributed by atoms with E-state index in [0.717, 1.165) is 11.1 Å². The van der Waals surface area contributed by atoms with Crippen LogP contribution in [0.4, 0.5) is 0 Å². The lowest BCUT2D eigenvalue weighted by molar-refractivity contribution is 0.164. The summed E-state index contributed by atoms with van der Waals surface area (Å²) in [5.74, 6) is -0.529. The molecule has 2 heteroatoms. The van der Waals surface area contributed by atoms with Gasteiger partial charge in [-0.2, -0.15) is 5.26 Å². The first-order chi connectivity index (χ1) is 8.33. The van der Waals surface area contributed by atoms with Crippen LogP contribution >= 0.6 is 0 Å². The third kappa shape index (κ3) is 2.52. The second-order valence-electron chi connectivity index (χ2n) is 3.87. The Hall–Kier alpha value is -2.11. The van der Waals surface area contributed by atoms with E-state index in [1.165, 1.54) is 0 Å². The summed E-state index contributed by atoms with van der Waals surface area (Å²) in [7, 11) is 0. The van der Waals surface area contributed by atoms with Crippen LogP contribution in [0, 0.1) is 11.3 Å². The monoisotopic (exact) mass is 223 g/mol. The minimum Gasteiger partial charge on any atom is -0.387 e. The second kappa shape index (κ2) is 5.29. The van der Waals surface area contributed by atoms with Gasteiger partial charge in [-0.3, -0.25) is 0 Å². The standard InChI is InChI=1S/C15H13NO/c16-11-14(12-7-3-1-4-8-12)15(17)13-9-5-2-6-10-13/h1-10,14-15,17H/t14-,15+/m0/s1. The fourth-order valence-corrected chi connectivity index (χ4v) is 1.83. The molecule has 0 aliphatic heterocycles. The number of hydrogen-bond donors (Lipinski definition) is 1. The Morgan fingerprint density at radius 1 is 0.824 bits per heavy atom. The number of hydrogen-bond acceptors (Lipinski definition) is 2. The van der Waals surface area contributed by atoms with Crippen molar-refractivity contribution in [3.63, 3.8) is 0 Å². The highest BCUT2D eigenvalue weighted by molar-refractivity contribution is 5.31. The maximum Gasteiger partial charge on any atom is 0.101 e. The van der Waals surface area contributed by atoms with E-state index in [2.05, 4.69) is 6.07 Å². The number of nitrogens with zero attached hydrogens (tertiary/aromatic N) is 1. The van der Waals surface area contributed by atoms with Gasteiger partial charge in [-0.15, -0.1) is 0 Å². The van der Waals surface area contributed by atoms with E-state index >= 15 is 0 Å². The van der Waals surface area contributed by atoms with Gasteiger partial charge < -0.3 is 5.11 Å². The van der Waals surface area contributed by atoms with Gasteiger partial charge in [0, 0.05) is 0 Å². The average molecular weight is 223 g/mol. The quantitative estimate of drug-likeness (QED) is 0.869. The first-order valence-corrected chi connectivity index (χ1v) is 5.50. The lowest BCUT2D eigenvalue weighted by atomic mass is 9.90. The molecule has 2 atom stereocenters. The highest BCUT2D eigenvalue weighted by Gasteiger charge is 2.21. The summed E-state index contributed by atoms with van der Waals surface area (Å²) in [5.41, 5.74) is 1.61. The van der Waals surface area contributed by atoms with Crippen LogP contribution in [-0.2, 0) is 0 Å². The highest BCUT2D eigenvalue weighted by Crippen LogP contribution is 2.29. The van der Waals surface area contributed by atoms with E-state index in [0.29, 0.717) is 0 Å². The van der Waals surface area contributed by atoms with E-state index in [-0.39, 0.29) is 0 Å². The van der Waals surface area contributed by atoms with Gasteiger partial charge >= 0.3 is 0 Å². The molecule has 0 aliphatic carbocycles. The third-order valence-electron chi connectivity index (χ3n) is 2.75. The van der Waals surface area contributed by atoms with Crippen molar-refractivity contribution >= 4 is 0 Å². The molecule has 0 heterocycles. The Bertz CT molecular complexity index is 501. The fraction of sp³-hybridized carbons (Fsp3) is 0.133. The number of benzene rings is 2. The molecule has 0 aromatic heterocycles. The number of aliphatic hydroxyl groups is 1. The summed E-state index contributed by atoms with van der Waals surface area (Å²) in [6, 6.07) is 20.8. The molecule has 2 nitrogen and oxygen atoms in total. The summed E-state index contributed by atoms with van der Waals surface area (Å²) in [5, 5.41) is 19.4. The van der Waals surface area contributed by atoms with Crippen LogP contribution < -0.4 is 0 Å². The molecule has 2 aromatic rings. The number of nitriles is 1. The van der Waals surface area contributed by atoms with Crippen LogP contribution in [0.1, 0.15) is 23.1 Å². The summed E-state index contributed by atoms with van der Waals surface area (Å²) < 4.78 is 0. The third-order valence-corrected chi connectivity index (χ3v) is 2.75. The molecule has 84 valence electrons. The molecule has 0 spiro atoms. The Labute approximate surface area is 101 Å². The predicted octanol–water partition coefficient (Wildman–Crippen LogP) is 3.03. The van der Waals surface area contributed by atoms with Gasteiger partial charge in [0.1, 0.15) is 5.92 Å². The normalized spacial score (nSPS) is 13.6. The smallest absolute Gasteiger partial charge is 0.101 e. The molecule has 0 fully saturated rings. The molecule has 0 radical (unpaired) electrons. The maximum absolute atomic E-state index is 10.2. The zero-order valence-corrected chi connectivity index (χ0v) is 9.32. The van der Waals surface area contributed by atoms with Crippen LogP contribution in [0.3, 0.4) is 0 Å². The molecular formula is C15H13NO. The van der Waals surface area contributed by atoms with Gasteiger partial charge in [0.2, 0.25) is 0 Å². The number of aliphatic hydroxyl groups excluding tert-OH is 1. The minimum atomic E-state index is -0.788. The van der Waals surface area contributed by atoms with Crippen molar-refractivity contribution in [2.24, 2.45) is 0 Å². The van der Waals surface area contributed by atoms with Crippen molar-refractivity contribution in [2.75, 3.05) is 0 Å². The minimum absolute atomic E-state index is 0.529. The molecule has 17 heavy (non-hydrogen) atoms. The Kier molecular flexibility index (Phi) is 3.54. The molecule has 0 unspecified atom stereocenters. The zero-order chi connectivity index (χ0) is 12.1. The second-order valence-corrected chi connectivity index (χ2v) is 3.87. The van der Waals surface area contributed by atoms with Crippen molar-refractivity contribution in [3.05, 3.63) is 71.8 Å². The van der Waals surface area contributed by atoms with Crippen LogP contribution in [0.15, 0.2) is 60.7 Å². The van der Waals surface area contributed by atoms with Crippen molar-refractivity contribution in [3.8, 4) is 6.07 Å². The molecule has 0 aliphatic rings. The molecule has 2 aromatic carbocycles. The van der Waals surface area contributed by atoms with Gasteiger partial charge in [-0.1, -0.05) is 60.7 Å². The topological polar surface area (TPSA) is 44.0 Å². The molecule has 0 bridgehead atoms. The van der Waals surface area contributed by atoms with Crippen molar-refractivity contribution in [1.82, 2.24) is 0 Å². The van der Waals surface area contributed by atoms with Crippen LogP contribution in [0.25, 0.3) is 0 Å². The van der Waals surface area contributed by atoms with E-state index in [9.17, 15) is 10.4 Å². The lowest BCUT2D eigenvalue weighted by Crippen LogP contribution is -2.08. The van der Waals surface area contributed by atoms with Gasteiger partial charge in [0.25, 0.3) is 0 Å². The van der Waals surface area contributed by atoms with Crippen molar-refractivity contribution in [2.45, 2.75) is 12.0 Å². The zero-order valence-electron chi connectivity index (χ0n) is 9.32. The van der Waals surface area contributed by atoms with Gasteiger partial charge in [0.15, 0.2) is 0 Å². The molecule has 0 saturated heterocycles. The Morgan fingerprint density at radius 3 is 1.76 bits per heavy atom. The van der Waals surface area contributed by atoms with E-state index in [4.69, 9.17) is 0 Å². The number of rotatable bonds is 3. The van der Waals surface area contributed by atoms with Crippen molar-refractivity contribution in [1.29, 1.82) is 5.26 Å². The van der Waals surface area contributed by atoms with Gasteiger partial charge in [-0.05, 0) is 11.1 Å². The molecule has 2 rings (SSSR count). The van der Waals surface area contributed by atoms with Crippen molar-refractivity contribution < 1.29 is 5.11 Å². The molecule has 1 N–H and O–H groups in total. The predicted molar refractivity (Wildman–Crippen MR) is 66.2 cm³/mol. The van der Waals surface area contributed by atoms with Gasteiger partial charge in [0.05, 0.1) is 12.2 Å². The lowest BCUT2D eigenvalue weighted by Gasteiger charge is -2.17. The molecule has 0 saturated carbocycles. The van der Waals surface area contributed by atoms with Crippen LogP contribution in [0.2, 0.25) is 0 Å². The highest BCUT2D eigenvalue weighted by atomic mass is 16.3. The Morgan fingerprint density at radius 2 is 1.29 bits per heavy atom. The van der Waals surface area contributed by atoms with Gasteiger partial charge in [-0.25, -0.2) is 0 Å². The SMILES string of the molecule is N#C[C@@H](c1ccccc1)[C@H](O)c1ccccc1. The maximum atomic E-state index is 10.2. The van der Waals surface area contributed by atoms with E-state index in [1.54, 1.807) is 0 Å². The Balaban J connectivity index is 2.30. The summed E-state index contributed by atoms with van der Waals surface area (Å²) >= 11 is 0. The summed E-state index contributed by atoms with van der Waals surface area (Å²) in [6.45, 7) is 0. The molecule has 0 amide bonds. The summed E-state index contributed by atoms with van der Waals surface area (Å²) in [4.78, 5) is 0.